The Morgan fingerprint density at radius 2 is 1.94 bits per heavy atom. The minimum absolute atomic E-state index is 0.181. The number of H-pyrrole nitrogens is 1. The Bertz CT molecular complexity index is 516. The first-order valence-electron chi connectivity index (χ1n) is 5.54. The summed E-state index contributed by atoms with van der Waals surface area (Å²) in [5, 5.41) is 0. The number of carbonyl (C=O) groups excluding carboxylic acids is 1. The fraction of sp³-hybridized carbons (Fsp3) is 0.214. The number of aryl methyl sites for hydroxylation is 2. The van der Waals surface area contributed by atoms with Gasteiger partial charge in [0.25, 0.3) is 0 Å². The normalized spacial score (nSPS) is 10.5. The van der Waals surface area contributed by atoms with Crippen LogP contribution in [0.5, 0.6) is 0 Å². The Kier molecular flexibility index (Phi) is 3.69. The van der Waals surface area contributed by atoms with Gasteiger partial charge in [0.15, 0.2) is 5.78 Å². The molecule has 0 spiro atoms. The minimum atomic E-state index is 0.181. The predicted octanol–water partition coefficient (Wildman–Crippen LogP) is 3.61. The number of ketones is 1. The number of aromatic nitrogens is 1. The third kappa shape index (κ3) is 3.01. The second kappa shape index (κ2) is 5.23. The fourth-order valence-electron chi connectivity index (χ4n) is 1.76. The molecule has 0 saturated carbocycles. The van der Waals surface area contributed by atoms with Crippen LogP contribution in [0.25, 0.3) is 0 Å². The van der Waals surface area contributed by atoms with Crippen LogP contribution in [-0.4, -0.2) is 16.5 Å². The van der Waals surface area contributed by atoms with Crippen molar-refractivity contribution in [2.45, 2.75) is 18.7 Å². The largest absolute Gasteiger partial charge is 0.362 e. The molecule has 1 N–H and O–H groups in total. The number of aromatic amines is 1. The lowest BCUT2D eigenvalue weighted by Crippen LogP contribution is -2.02. The van der Waals surface area contributed by atoms with Gasteiger partial charge < -0.3 is 4.98 Å². The van der Waals surface area contributed by atoms with E-state index in [-0.39, 0.29) is 5.78 Å². The number of nitrogens with one attached hydrogen (secondary N) is 1. The zero-order valence-corrected chi connectivity index (χ0v) is 10.8. The van der Waals surface area contributed by atoms with E-state index in [1.54, 1.807) is 11.8 Å². The van der Waals surface area contributed by atoms with Gasteiger partial charge in [0.05, 0.1) is 5.75 Å². The van der Waals surface area contributed by atoms with E-state index >= 15 is 0 Å². The van der Waals surface area contributed by atoms with Gasteiger partial charge in [0.1, 0.15) is 0 Å². The molecule has 3 heteroatoms. The molecule has 0 aliphatic rings. The van der Waals surface area contributed by atoms with Crippen molar-refractivity contribution >= 4 is 17.5 Å². The molecule has 0 atom stereocenters. The summed E-state index contributed by atoms with van der Waals surface area (Å²) >= 11 is 1.58. The molecule has 0 fully saturated rings. The molecule has 2 rings (SSSR count). The Morgan fingerprint density at radius 1 is 1.24 bits per heavy atom. The molecule has 1 aromatic heterocycles. The number of thioether (sulfide) groups is 1. The lowest BCUT2D eigenvalue weighted by molar-refractivity contribution is 0.102. The van der Waals surface area contributed by atoms with E-state index in [0.29, 0.717) is 5.75 Å². The Balaban J connectivity index is 2.01. The highest BCUT2D eigenvalue weighted by molar-refractivity contribution is 8.00. The number of hydrogen-bond donors (Lipinski definition) is 1. The van der Waals surface area contributed by atoms with Crippen LogP contribution in [0.4, 0.5) is 0 Å². The van der Waals surface area contributed by atoms with Crippen LogP contribution in [0.2, 0.25) is 0 Å². The first kappa shape index (κ1) is 12.0. The Labute approximate surface area is 105 Å². The van der Waals surface area contributed by atoms with Gasteiger partial charge in [-0.2, -0.15) is 0 Å². The summed E-state index contributed by atoms with van der Waals surface area (Å²) in [7, 11) is 0. The number of benzene rings is 1. The SMILES string of the molecule is Cc1cc(C(=O)CSc2ccccc2)c(C)[nH]1. The molecule has 2 nitrogen and oxygen atoms in total. The second-order valence-electron chi connectivity index (χ2n) is 4.02. The van der Waals surface area contributed by atoms with Crippen molar-refractivity contribution in [3.8, 4) is 0 Å². The van der Waals surface area contributed by atoms with Crippen LogP contribution in [0.1, 0.15) is 21.7 Å². The zero-order chi connectivity index (χ0) is 12.3. The van der Waals surface area contributed by atoms with Crippen LogP contribution >= 0.6 is 11.8 Å². The van der Waals surface area contributed by atoms with Crippen molar-refractivity contribution in [1.29, 1.82) is 0 Å². The molecule has 0 amide bonds. The van der Waals surface area contributed by atoms with Crippen molar-refractivity contribution in [2.24, 2.45) is 0 Å². The molecule has 88 valence electrons. The Morgan fingerprint density at radius 3 is 2.53 bits per heavy atom. The third-order valence-electron chi connectivity index (χ3n) is 2.56. The van der Waals surface area contributed by atoms with Crippen LogP contribution in [-0.2, 0) is 0 Å². The quantitative estimate of drug-likeness (QED) is 0.659. The van der Waals surface area contributed by atoms with E-state index in [1.165, 1.54) is 0 Å². The number of rotatable bonds is 4. The molecule has 0 aliphatic heterocycles. The molecule has 0 radical (unpaired) electrons. The molecular formula is C14H15NOS. The molecule has 0 unspecified atom stereocenters. The summed E-state index contributed by atoms with van der Waals surface area (Å²) in [4.78, 5) is 16.3. The van der Waals surface area contributed by atoms with Crippen LogP contribution < -0.4 is 0 Å². The average Bonchev–Trinajstić information content (AvgIpc) is 2.67. The summed E-state index contributed by atoms with van der Waals surface area (Å²) in [6, 6.07) is 11.9. The maximum absolute atomic E-state index is 12.0. The summed E-state index contributed by atoms with van der Waals surface area (Å²) in [5.74, 6) is 0.669. The molecule has 0 bridgehead atoms. The van der Waals surface area contributed by atoms with Gasteiger partial charge in [0, 0.05) is 21.8 Å². The maximum Gasteiger partial charge on any atom is 0.174 e. The van der Waals surface area contributed by atoms with E-state index in [9.17, 15) is 4.79 Å². The van der Waals surface area contributed by atoms with Crippen molar-refractivity contribution in [1.82, 2.24) is 4.98 Å². The van der Waals surface area contributed by atoms with Gasteiger partial charge in [0.2, 0.25) is 0 Å². The molecule has 1 aromatic carbocycles. The minimum Gasteiger partial charge on any atom is -0.362 e. The Hall–Kier alpha value is -1.48. The van der Waals surface area contributed by atoms with Crippen LogP contribution in [0, 0.1) is 13.8 Å². The molecular weight excluding hydrogens is 230 g/mol. The van der Waals surface area contributed by atoms with E-state index in [2.05, 4.69) is 4.98 Å². The smallest absolute Gasteiger partial charge is 0.174 e. The fourth-order valence-corrected chi connectivity index (χ4v) is 2.56. The number of carbonyl (C=O) groups is 1. The van der Waals surface area contributed by atoms with Gasteiger partial charge in [-0.1, -0.05) is 18.2 Å². The van der Waals surface area contributed by atoms with Crippen molar-refractivity contribution in [3.05, 3.63) is 53.3 Å². The van der Waals surface area contributed by atoms with E-state index in [1.807, 2.05) is 50.2 Å². The predicted molar refractivity (Wildman–Crippen MR) is 71.8 cm³/mol. The van der Waals surface area contributed by atoms with Gasteiger partial charge in [-0.05, 0) is 32.0 Å². The average molecular weight is 245 g/mol. The number of hydrogen-bond acceptors (Lipinski definition) is 2. The van der Waals surface area contributed by atoms with Gasteiger partial charge in [-0.15, -0.1) is 11.8 Å². The lowest BCUT2D eigenvalue weighted by atomic mass is 10.2. The highest BCUT2D eigenvalue weighted by Crippen LogP contribution is 2.20. The van der Waals surface area contributed by atoms with E-state index in [4.69, 9.17) is 0 Å². The van der Waals surface area contributed by atoms with E-state index < -0.39 is 0 Å². The monoisotopic (exact) mass is 245 g/mol. The third-order valence-corrected chi connectivity index (χ3v) is 3.58. The van der Waals surface area contributed by atoms with E-state index in [0.717, 1.165) is 21.8 Å². The zero-order valence-electron chi connectivity index (χ0n) is 9.99. The van der Waals surface area contributed by atoms with Gasteiger partial charge >= 0.3 is 0 Å². The maximum atomic E-state index is 12.0. The summed E-state index contributed by atoms with van der Waals surface area (Å²) in [6.45, 7) is 3.90. The first-order chi connectivity index (χ1) is 8.16. The number of Topliss-reactive ketones (excluding diaryl/α,β-unsaturated/α-hetero) is 1. The topological polar surface area (TPSA) is 32.9 Å². The molecule has 1 heterocycles. The summed E-state index contributed by atoms with van der Waals surface area (Å²) < 4.78 is 0. The van der Waals surface area contributed by atoms with Gasteiger partial charge in [-0.25, -0.2) is 0 Å². The molecule has 0 aliphatic carbocycles. The highest BCUT2D eigenvalue weighted by Gasteiger charge is 2.11. The molecule has 17 heavy (non-hydrogen) atoms. The summed E-state index contributed by atoms with van der Waals surface area (Å²) in [5.41, 5.74) is 2.81. The van der Waals surface area contributed by atoms with Crippen LogP contribution in [0.15, 0.2) is 41.3 Å². The first-order valence-corrected chi connectivity index (χ1v) is 6.52. The van der Waals surface area contributed by atoms with Gasteiger partial charge in [-0.3, -0.25) is 4.79 Å². The standard InChI is InChI=1S/C14H15NOS/c1-10-8-13(11(2)15-10)14(16)9-17-12-6-4-3-5-7-12/h3-8,15H,9H2,1-2H3. The van der Waals surface area contributed by atoms with Crippen molar-refractivity contribution in [2.75, 3.05) is 5.75 Å². The van der Waals surface area contributed by atoms with Crippen molar-refractivity contribution in [3.63, 3.8) is 0 Å². The molecule has 2 aromatic rings. The van der Waals surface area contributed by atoms with Crippen molar-refractivity contribution < 1.29 is 4.79 Å². The lowest BCUT2D eigenvalue weighted by Gasteiger charge is -2.00. The summed E-state index contributed by atoms with van der Waals surface area (Å²) in [6.07, 6.45) is 0. The molecule has 0 saturated heterocycles. The highest BCUT2D eigenvalue weighted by atomic mass is 32.2. The second-order valence-corrected chi connectivity index (χ2v) is 5.06. The van der Waals surface area contributed by atoms with Crippen LogP contribution in [0.3, 0.4) is 0 Å².